The van der Waals surface area contributed by atoms with Gasteiger partial charge in [0.05, 0.1) is 24.5 Å². The standard InChI is InChI=1S/C8H18O2.C6H10O4.2C4H8O2/c1-6(2)7(10)8(3,4)5-9;7-5(8)3-1-2-4-6(9)10;2*1-3(2)4(5)6/h6-7,9-10H,5H2,1-4H3;1-4H2,(H,7,8)(H,9,10);2*3H,1-2H3,(H,5,6). The van der Waals surface area contributed by atoms with Crippen LogP contribution in [0.3, 0.4) is 0 Å². The van der Waals surface area contributed by atoms with Gasteiger partial charge in [0.2, 0.25) is 0 Å². The number of carbonyl (C=O) groups is 4. The fourth-order valence-corrected chi connectivity index (χ4v) is 1.55. The van der Waals surface area contributed by atoms with E-state index in [1.165, 1.54) is 0 Å². The van der Waals surface area contributed by atoms with Crippen molar-refractivity contribution in [2.24, 2.45) is 23.2 Å². The van der Waals surface area contributed by atoms with Gasteiger partial charge >= 0.3 is 23.9 Å². The van der Waals surface area contributed by atoms with Gasteiger partial charge in [0.1, 0.15) is 0 Å². The summed E-state index contributed by atoms with van der Waals surface area (Å²) in [5, 5.41) is 50.6. The first-order valence-corrected chi connectivity index (χ1v) is 10.5. The van der Waals surface area contributed by atoms with Gasteiger partial charge in [-0.25, -0.2) is 0 Å². The minimum atomic E-state index is -0.870. The van der Waals surface area contributed by atoms with Gasteiger partial charge in [-0.1, -0.05) is 55.4 Å². The van der Waals surface area contributed by atoms with Crippen LogP contribution in [0.2, 0.25) is 0 Å². The summed E-state index contributed by atoms with van der Waals surface area (Å²) in [6, 6.07) is 0. The molecule has 0 aliphatic rings. The molecule has 10 nitrogen and oxygen atoms in total. The summed E-state index contributed by atoms with van der Waals surface area (Å²) in [5.74, 6) is -3.47. The molecule has 0 aliphatic carbocycles. The molecule has 0 rings (SSSR count). The van der Waals surface area contributed by atoms with Crippen LogP contribution in [0.4, 0.5) is 0 Å². The van der Waals surface area contributed by atoms with Gasteiger partial charge < -0.3 is 30.6 Å². The van der Waals surface area contributed by atoms with E-state index in [9.17, 15) is 24.3 Å². The fourth-order valence-electron chi connectivity index (χ4n) is 1.55. The van der Waals surface area contributed by atoms with Crippen LogP contribution in [-0.2, 0) is 19.2 Å². The SMILES string of the molecule is CC(C)C(=O)O.CC(C)C(=O)O.CC(C)C(O)C(C)(C)CO.O=C(O)CCCCC(=O)O. The summed E-state index contributed by atoms with van der Waals surface area (Å²) in [6.07, 6.45) is 0.599. The smallest absolute Gasteiger partial charge is 0.305 e. The number of unbranched alkanes of at least 4 members (excludes halogenated alkanes) is 1. The molecule has 0 aliphatic heterocycles. The monoisotopic (exact) mass is 468 g/mol. The van der Waals surface area contributed by atoms with E-state index in [2.05, 4.69) is 0 Å². The van der Waals surface area contributed by atoms with Crippen LogP contribution in [0.1, 0.15) is 81.1 Å². The van der Waals surface area contributed by atoms with Crippen molar-refractivity contribution in [1.82, 2.24) is 0 Å². The van der Waals surface area contributed by atoms with Crippen LogP contribution in [-0.4, -0.2) is 67.2 Å². The first kappa shape index (κ1) is 37.1. The Hall–Kier alpha value is -2.20. The Morgan fingerprint density at radius 1 is 0.688 bits per heavy atom. The van der Waals surface area contributed by atoms with Crippen LogP contribution in [0, 0.1) is 23.2 Å². The quantitative estimate of drug-likeness (QED) is 0.260. The van der Waals surface area contributed by atoms with Crippen LogP contribution in [0.5, 0.6) is 0 Å². The lowest BCUT2D eigenvalue weighted by Crippen LogP contribution is -2.36. The molecule has 1 unspecified atom stereocenters. The first-order chi connectivity index (χ1) is 14.3. The van der Waals surface area contributed by atoms with Gasteiger partial charge in [-0.2, -0.15) is 0 Å². The van der Waals surface area contributed by atoms with Crippen molar-refractivity contribution in [3.8, 4) is 0 Å². The molecular formula is C22H44O10. The largest absolute Gasteiger partial charge is 0.481 e. The average Bonchev–Trinajstić information content (AvgIpc) is 2.65. The van der Waals surface area contributed by atoms with Crippen molar-refractivity contribution >= 4 is 23.9 Å². The highest BCUT2D eigenvalue weighted by atomic mass is 16.4. The molecule has 0 saturated carbocycles. The summed E-state index contributed by atoms with van der Waals surface area (Å²) in [7, 11) is 0. The molecule has 0 aromatic rings. The Labute approximate surface area is 191 Å². The van der Waals surface area contributed by atoms with Crippen molar-refractivity contribution in [3.63, 3.8) is 0 Å². The highest BCUT2D eigenvalue weighted by Gasteiger charge is 2.28. The second kappa shape index (κ2) is 20.7. The van der Waals surface area contributed by atoms with Crippen molar-refractivity contribution in [2.75, 3.05) is 6.61 Å². The molecule has 0 aromatic heterocycles. The predicted octanol–water partition coefficient (Wildman–Crippen LogP) is 3.19. The van der Waals surface area contributed by atoms with E-state index < -0.39 is 30.0 Å². The molecule has 10 heteroatoms. The number of aliphatic hydroxyl groups is 2. The molecule has 192 valence electrons. The molecule has 0 fully saturated rings. The topological polar surface area (TPSA) is 190 Å². The summed E-state index contributed by atoms with van der Waals surface area (Å²) < 4.78 is 0. The van der Waals surface area contributed by atoms with Crippen LogP contribution >= 0.6 is 0 Å². The van der Waals surface area contributed by atoms with Gasteiger partial charge in [0.15, 0.2) is 0 Å². The normalized spacial score (nSPS) is 11.3. The molecule has 0 saturated heterocycles. The minimum Gasteiger partial charge on any atom is -0.481 e. The van der Waals surface area contributed by atoms with Gasteiger partial charge in [0.25, 0.3) is 0 Å². The maximum absolute atomic E-state index is 9.90. The lowest BCUT2D eigenvalue weighted by molar-refractivity contribution is -0.141. The van der Waals surface area contributed by atoms with Crippen LogP contribution in [0.15, 0.2) is 0 Å². The molecule has 0 spiro atoms. The molecular weight excluding hydrogens is 424 g/mol. The van der Waals surface area contributed by atoms with E-state index in [1.54, 1.807) is 27.7 Å². The van der Waals surface area contributed by atoms with Crippen LogP contribution in [0.25, 0.3) is 0 Å². The van der Waals surface area contributed by atoms with Crippen LogP contribution < -0.4 is 0 Å². The van der Waals surface area contributed by atoms with Gasteiger partial charge in [-0.05, 0) is 18.8 Å². The van der Waals surface area contributed by atoms with E-state index in [0.717, 1.165) is 0 Å². The zero-order valence-corrected chi connectivity index (χ0v) is 20.7. The van der Waals surface area contributed by atoms with Gasteiger partial charge in [0, 0.05) is 18.3 Å². The molecule has 0 radical (unpaired) electrons. The highest BCUT2D eigenvalue weighted by molar-refractivity contribution is 5.69. The van der Waals surface area contributed by atoms with Gasteiger partial charge in [-0.15, -0.1) is 0 Å². The first-order valence-electron chi connectivity index (χ1n) is 10.5. The Kier molecular flexibility index (Phi) is 24.0. The van der Waals surface area contributed by atoms with Crippen molar-refractivity contribution in [1.29, 1.82) is 0 Å². The molecule has 32 heavy (non-hydrogen) atoms. The average molecular weight is 469 g/mol. The Bertz CT molecular complexity index is 491. The maximum atomic E-state index is 9.90. The number of carboxylic acids is 4. The minimum absolute atomic E-state index is 0.0341. The van der Waals surface area contributed by atoms with Crippen molar-refractivity contribution in [2.45, 2.75) is 87.2 Å². The second-order valence-corrected chi connectivity index (χ2v) is 8.82. The third-order valence-corrected chi connectivity index (χ3v) is 3.86. The molecule has 0 bridgehead atoms. The lowest BCUT2D eigenvalue weighted by atomic mass is 9.82. The third kappa shape index (κ3) is 30.0. The fraction of sp³-hybridized carbons (Fsp3) is 0.818. The van der Waals surface area contributed by atoms with E-state index in [0.29, 0.717) is 12.8 Å². The number of hydrogen-bond donors (Lipinski definition) is 6. The maximum Gasteiger partial charge on any atom is 0.305 e. The highest BCUT2D eigenvalue weighted by Crippen LogP contribution is 2.24. The van der Waals surface area contributed by atoms with Gasteiger partial charge in [-0.3, -0.25) is 19.2 Å². The summed E-state index contributed by atoms with van der Waals surface area (Å²) in [5.41, 5.74) is -0.367. The van der Waals surface area contributed by atoms with E-state index >= 15 is 0 Å². The number of aliphatic carboxylic acids is 4. The molecule has 0 amide bonds. The molecule has 0 heterocycles. The third-order valence-electron chi connectivity index (χ3n) is 3.86. The lowest BCUT2D eigenvalue weighted by Gasteiger charge is -2.30. The number of aliphatic hydroxyl groups excluding tert-OH is 2. The predicted molar refractivity (Wildman–Crippen MR) is 120 cm³/mol. The zero-order chi connectivity index (χ0) is 26.7. The van der Waals surface area contributed by atoms with Crippen molar-refractivity contribution < 1.29 is 49.8 Å². The van der Waals surface area contributed by atoms with E-state index in [-0.39, 0.29) is 42.6 Å². The summed E-state index contributed by atoms with van der Waals surface area (Å²) in [6.45, 7) is 14.2. The number of rotatable bonds is 10. The van der Waals surface area contributed by atoms with Crippen molar-refractivity contribution in [3.05, 3.63) is 0 Å². The number of carboxylic acid groups (broad SMARTS) is 4. The molecule has 0 aromatic carbocycles. The molecule has 1 atom stereocenters. The Balaban J connectivity index is -0.000000168. The number of hydrogen-bond acceptors (Lipinski definition) is 6. The summed E-state index contributed by atoms with van der Waals surface area (Å²) in [4.78, 5) is 39.2. The Morgan fingerprint density at radius 2 is 0.938 bits per heavy atom. The van der Waals surface area contributed by atoms with E-state index in [1.807, 2.05) is 27.7 Å². The summed E-state index contributed by atoms with van der Waals surface area (Å²) >= 11 is 0. The Morgan fingerprint density at radius 3 is 1.03 bits per heavy atom. The molecule has 6 N–H and O–H groups in total. The second-order valence-electron chi connectivity index (χ2n) is 8.82. The zero-order valence-electron chi connectivity index (χ0n) is 20.7. The van der Waals surface area contributed by atoms with E-state index in [4.69, 9.17) is 25.5 Å².